The van der Waals surface area contributed by atoms with Crippen LogP contribution in [0.4, 0.5) is 14.9 Å². The van der Waals surface area contributed by atoms with Crippen molar-refractivity contribution in [1.29, 1.82) is 0 Å². The zero-order valence-electron chi connectivity index (χ0n) is 18.2. The second-order valence-electron chi connectivity index (χ2n) is 8.63. The number of nitrogens with one attached hydrogen (secondary N) is 2. The molecule has 1 fully saturated rings. The van der Waals surface area contributed by atoms with E-state index < -0.39 is 27.7 Å². The smallest absolute Gasteiger partial charge is 0.422 e. The van der Waals surface area contributed by atoms with E-state index in [0.29, 0.717) is 31.4 Å². The molecule has 1 aliphatic rings. The molecule has 2 rings (SSSR count). The van der Waals surface area contributed by atoms with Gasteiger partial charge in [0.1, 0.15) is 11.4 Å². The third-order valence-electron chi connectivity index (χ3n) is 4.80. The summed E-state index contributed by atoms with van der Waals surface area (Å²) >= 11 is 3.06. The molecule has 32 heavy (non-hydrogen) atoms. The van der Waals surface area contributed by atoms with Gasteiger partial charge in [-0.05, 0) is 86.5 Å². The number of carbonyl (C=O) groups is 2. The molecule has 0 bridgehead atoms. The van der Waals surface area contributed by atoms with Gasteiger partial charge in [-0.2, -0.15) is 13.1 Å². The summed E-state index contributed by atoms with van der Waals surface area (Å²) in [5, 5.41) is 0. The highest BCUT2D eigenvalue weighted by atomic mass is 79.9. The molecule has 1 amide bonds. The van der Waals surface area contributed by atoms with Crippen LogP contribution in [0, 0.1) is 17.7 Å². The Balaban J connectivity index is 1.83. The molecule has 0 atom stereocenters. The molecule has 1 aromatic rings. The van der Waals surface area contributed by atoms with Crippen molar-refractivity contribution in [3.05, 3.63) is 28.5 Å². The lowest BCUT2D eigenvalue weighted by atomic mass is 9.80. The summed E-state index contributed by atoms with van der Waals surface area (Å²) in [6, 6.07) is 4.09. The van der Waals surface area contributed by atoms with Crippen molar-refractivity contribution in [3.63, 3.8) is 0 Å². The van der Waals surface area contributed by atoms with Gasteiger partial charge in [-0.15, -0.1) is 0 Å². The fourth-order valence-corrected chi connectivity index (χ4v) is 4.41. The van der Waals surface area contributed by atoms with Crippen LogP contribution >= 0.6 is 15.9 Å². The lowest BCUT2D eigenvalue weighted by Crippen LogP contribution is -2.44. The zero-order chi connectivity index (χ0) is 24.1. The summed E-state index contributed by atoms with van der Waals surface area (Å²) in [5.41, 5.74) is 5.41. The van der Waals surface area contributed by atoms with Crippen LogP contribution in [0.15, 0.2) is 27.7 Å². The third-order valence-corrected chi connectivity index (χ3v) is 6.39. The third kappa shape index (κ3) is 8.47. The number of hydrogen-bond donors (Lipinski definition) is 3. The van der Waals surface area contributed by atoms with Gasteiger partial charge in [-0.1, -0.05) is 0 Å². The van der Waals surface area contributed by atoms with Crippen LogP contribution in [0.1, 0.15) is 46.5 Å². The van der Waals surface area contributed by atoms with E-state index in [4.69, 9.17) is 10.5 Å². The highest BCUT2D eigenvalue weighted by molar-refractivity contribution is 9.10. The Hall–Kier alpha value is -2.05. The summed E-state index contributed by atoms with van der Waals surface area (Å²) < 4.78 is 46.7. The first-order valence-electron chi connectivity index (χ1n) is 10.1. The molecule has 0 aliphatic heterocycles. The van der Waals surface area contributed by atoms with Crippen LogP contribution in [0.3, 0.4) is 0 Å². The Labute approximate surface area is 195 Å². The SMILES string of the molecule is CC(C)(C)OC(=O)NS(=O)(=O)NCC1CCC(C(=O)C(N)=Nc2ccc(F)c(Br)c2)CC1. The van der Waals surface area contributed by atoms with Gasteiger partial charge in [0.15, 0.2) is 5.84 Å². The van der Waals surface area contributed by atoms with Gasteiger partial charge in [0.05, 0.1) is 10.2 Å². The number of aliphatic imine (C=N–C) groups is 1. The summed E-state index contributed by atoms with van der Waals surface area (Å²) in [6.45, 7) is 5.01. The van der Waals surface area contributed by atoms with Gasteiger partial charge in [-0.3, -0.25) is 4.79 Å². The lowest BCUT2D eigenvalue weighted by Gasteiger charge is -2.27. The maximum absolute atomic E-state index is 13.3. The molecule has 0 heterocycles. The van der Waals surface area contributed by atoms with E-state index in [1.165, 1.54) is 18.2 Å². The predicted octanol–water partition coefficient (Wildman–Crippen LogP) is 3.31. The second-order valence-corrected chi connectivity index (χ2v) is 11.0. The first-order valence-corrected chi connectivity index (χ1v) is 12.4. The van der Waals surface area contributed by atoms with Crippen LogP contribution < -0.4 is 15.2 Å². The summed E-state index contributed by atoms with van der Waals surface area (Å²) in [6.07, 6.45) is 1.24. The molecule has 0 radical (unpaired) electrons. The molecule has 0 unspecified atom stereocenters. The Morgan fingerprint density at radius 2 is 1.88 bits per heavy atom. The molecule has 1 aromatic carbocycles. The van der Waals surface area contributed by atoms with Crippen LogP contribution in [-0.4, -0.2) is 38.3 Å². The van der Waals surface area contributed by atoms with E-state index in [9.17, 15) is 22.4 Å². The highest BCUT2D eigenvalue weighted by Gasteiger charge is 2.29. The monoisotopic (exact) mass is 534 g/mol. The van der Waals surface area contributed by atoms with Crippen LogP contribution in [-0.2, 0) is 19.7 Å². The average molecular weight is 535 g/mol. The number of ether oxygens (including phenoxy) is 1. The van der Waals surface area contributed by atoms with Gasteiger partial charge in [0, 0.05) is 12.5 Å². The van der Waals surface area contributed by atoms with E-state index >= 15 is 0 Å². The maximum atomic E-state index is 13.3. The Kier molecular flexibility index (Phi) is 8.77. The summed E-state index contributed by atoms with van der Waals surface area (Å²) in [7, 11) is -4.05. The number of benzene rings is 1. The topological polar surface area (TPSA) is 140 Å². The lowest BCUT2D eigenvalue weighted by molar-refractivity contribution is -0.117. The molecule has 0 aromatic heterocycles. The molecule has 4 N–H and O–H groups in total. The number of amidine groups is 1. The molecule has 1 aliphatic carbocycles. The zero-order valence-corrected chi connectivity index (χ0v) is 20.6. The van der Waals surface area contributed by atoms with Crippen LogP contribution in [0.25, 0.3) is 0 Å². The Morgan fingerprint density at radius 3 is 2.44 bits per heavy atom. The first-order chi connectivity index (χ1) is 14.8. The number of nitrogens with two attached hydrogens (primary N) is 1. The number of nitrogens with zero attached hydrogens (tertiary/aromatic N) is 1. The van der Waals surface area contributed by atoms with Gasteiger partial charge >= 0.3 is 16.3 Å². The number of rotatable bonds is 7. The van der Waals surface area contributed by atoms with E-state index in [1.807, 2.05) is 4.72 Å². The minimum Gasteiger partial charge on any atom is -0.443 e. The number of Topliss-reactive ketones (excluding diaryl/α,β-unsaturated/α-hetero) is 1. The second kappa shape index (κ2) is 10.7. The van der Waals surface area contributed by atoms with Crippen molar-refractivity contribution in [3.8, 4) is 0 Å². The quantitative estimate of drug-likeness (QED) is 0.362. The normalized spacial score (nSPS) is 20.0. The van der Waals surface area contributed by atoms with Crippen molar-refractivity contribution in [2.75, 3.05) is 6.54 Å². The van der Waals surface area contributed by atoms with Crippen molar-refractivity contribution in [2.24, 2.45) is 22.6 Å². The Morgan fingerprint density at radius 1 is 1.25 bits per heavy atom. The number of ketones is 1. The van der Waals surface area contributed by atoms with E-state index in [-0.39, 0.29) is 34.5 Å². The fourth-order valence-electron chi connectivity index (χ4n) is 3.26. The number of amides is 1. The summed E-state index contributed by atoms with van der Waals surface area (Å²) in [5.74, 6) is -1.16. The van der Waals surface area contributed by atoms with Gasteiger partial charge < -0.3 is 10.5 Å². The van der Waals surface area contributed by atoms with Crippen LogP contribution in [0.5, 0.6) is 0 Å². The number of hydrogen-bond acceptors (Lipinski definition) is 6. The molecule has 0 saturated heterocycles. The van der Waals surface area contributed by atoms with Crippen molar-refractivity contribution in [1.82, 2.24) is 9.44 Å². The molecule has 9 nitrogen and oxygen atoms in total. The minimum absolute atomic E-state index is 0.0143. The van der Waals surface area contributed by atoms with E-state index in [1.54, 1.807) is 20.8 Å². The molecule has 0 spiro atoms. The van der Waals surface area contributed by atoms with Crippen molar-refractivity contribution >= 4 is 49.5 Å². The standard InChI is InChI=1S/C20H28BrFN4O5S/c1-20(2,3)31-19(28)26-32(29,30)24-11-12-4-6-13(7-5-12)17(27)18(23)25-14-8-9-16(22)15(21)10-14/h8-10,12-13,24H,4-7,11H2,1-3H3,(H2,23,25)(H,26,28). The van der Waals surface area contributed by atoms with Gasteiger partial charge in [0.25, 0.3) is 0 Å². The predicted molar refractivity (Wildman–Crippen MR) is 122 cm³/mol. The van der Waals surface area contributed by atoms with Crippen molar-refractivity contribution < 1.29 is 27.1 Å². The molecule has 178 valence electrons. The fraction of sp³-hybridized carbons (Fsp3) is 0.550. The molecular formula is C20H28BrFN4O5S. The molecular weight excluding hydrogens is 507 g/mol. The van der Waals surface area contributed by atoms with E-state index in [0.717, 1.165) is 0 Å². The van der Waals surface area contributed by atoms with Gasteiger partial charge in [0.2, 0.25) is 5.78 Å². The van der Waals surface area contributed by atoms with Gasteiger partial charge in [-0.25, -0.2) is 18.9 Å². The van der Waals surface area contributed by atoms with E-state index in [2.05, 4.69) is 25.6 Å². The van der Waals surface area contributed by atoms with Crippen LogP contribution in [0.2, 0.25) is 0 Å². The first kappa shape index (κ1) is 26.2. The summed E-state index contributed by atoms with van der Waals surface area (Å²) in [4.78, 5) is 28.3. The highest BCUT2D eigenvalue weighted by Crippen LogP contribution is 2.30. The number of carbonyl (C=O) groups excluding carboxylic acids is 2. The molecule has 1 saturated carbocycles. The average Bonchev–Trinajstić information content (AvgIpc) is 2.67. The Bertz CT molecular complexity index is 986. The number of halogens is 2. The maximum Gasteiger partial charge on any atom is 0.422 e. The molecule has 12 heteroatoms. The minimum atomic E-state index is -4.05. The largest absolute Gasteiger partial charge is 0.443 e. The van der Waals surface area contributed by atoms with Crippen molar-refractivity contribution in [2.45, 2.75) is 52.1 Å².